The molecule has 0 saturated carbocycles. The summed E-state index contributed by atoms with van der Waals surface area (Å²) in [5, 5.41) is 0. The largest absolute Gasteiger partial charge is 0.327 e. The number of halogens is 1. The van der Waals surface area contributed by atoms with Crippen LogP contribution in [0.15, 0.2) is 24.3 Å². The van der Waals surface area contributed by atoms with Crippen LogP contribution in [0, 0.1) is 3.57 Å². The quantitative estimate of drug-likeness (QED) is 0.866. The molecule has 0 heterocycles. The number of rotatable bonds is 4. The highest BCUT2D eigenvalue weighted by atomic mass is 127. The van der Waals surface area contributed by atoms with Gasteiger partial charge in [-0.3, -0.25) is 0 Å². The van der Waals surface area contributed by atoms with Gasteiger partial charge >= 0.3 is 0 Å². The first-order valence-corrected chi connectivity index (χ1v) is 6.49. The molecule has 1 unspecified atom stereocenters. The average Bonchev–Trinajstić information content (AvgIpc) is 2.08. The minimum Gasteiger partial charge on any atom is -0.327 e. The van der Waals surface area contributed by atoms with E-state index in [0.717, 1.165) is 11.5 Å². The molecule has 0 aliphatic carbocycles. The molecule has 0 aromatic heterocycles. The average molecular weight is 307 g/mol. The molecule has 0 bridgehead atoms. The predicted octanol–water partition coefficient (Wildman–Crippen LogP) is 2.87. The Kier molecular flexibility index (Phi) is 5.13. The molecule has 1 atom stereocenters. The first-order chi connectivity index (χ1) is 6.18. The highest BCUT2D eigenvalue weighted by Crippen LogP contribution is 2.14. The van der Waals surface area contributed by atoms with Gasteiger partial charge in [0.25, 0.3) is 0 Å². The fourth-order valence-corrected chi connectivity index (χ4v) is 2.22. The lowest BCUT2D eigenvalue weighted by molar-refractivity contribution is 0.847. The molecule has 1 aromatic rings. The summed E-state index contributed by atoms with van der Waals surface area (Å²) in [6.45, 7) is 2.04. The fourth-order valence-electron chi connectivity index (χ4n) is 0.943. The highest BCUT2D eigenvalue weighted by molar-refractivity contribution is 14.1. The third-order valence-electron chi connectivity index (χ3n) is 1.56. The Morgan fingerprint density at radius 1 is 1.38 bits per heavy atom. The fraction of sp³-hybridized carbons (Fsp3) is 0.400. The van der Waals surface area contributed by atoms with E-state index < -0.39 is 0 Å². The van der Waals surface area contributed by atoms with E-state index in [1.165, 1.54) is 9.13 Å². The number of hydrogen-bond donors (Lipinski definition) is 1. The second-order valence-corrected chi connectivity index (χ2v) is 5.39. The van der Waals surface area contributed by atoms with Crippen molar-refractivity contribution >= 4 is 34.4 Å². The number of nitrogens with two attached hydrogens (primary N) is 1. The van der Waals surface area contributed by atoms with Crippen molar-refractivity contribution < 1.29 is 0 Å². The lowest BCUT2D eigenvalue weighted by Gasteiger charge is -2.04. The smallest absolute Gasteiger partial charge is 0.0185 e. The van der Waals surface area contributed by atoms with Crippen molar-refractivity contribution in [2.24, 2.45) is 5.73 Å². The maximum Gasteiger partial charge on any atom is 0.0185 e. The van der Waals surface area contributed by atoms with Gasteiger partial charge in [-0.1, -0.05) is 12.1 Å². The van der Waals surface area contributed by atoms with Gasteiger partial charge in [-0.15, -0.1) is 0 Å². The van der Waals surface area contributed by atoms with Crippen molar-refractivity contribution in [3.63, 3.8) is 0 Å². The topological polar surface area (TPSA) is 26.0 Å². The summed E-state index contributed by atoms with van der Waals surface area (Å²) >= 11 is 4.21. The predicted molar refractivity (Wildman–Crippen MR) is 69.0 cm³/mol. The van der Waals surface area contributed by atoms with Gasteiger partial charge in [0.15, 0.2) is 0 Å². The third-order valence-corrected chi connectivity index (χ3v) is 3.58. The van der Waals surface area contributed by atoms with Crippen LogP contribution in [0.25, 0.3) is 0 Å². The zero-order valence-electron chi connectivity index (χ0n) is 7.66. The Hall–Kier alpha value is 0.260. The van der Waals surface area contributed by atoms with Crippen LogP contribution in [0.1, 0.15) is 12.5 Å². The molecule has 0 amide bonds. The van der Waals surface area contributed by atoms with E-state index >= 15 is 0 Å². The summed E-state index contributed by atoms with van der Waals surface area (Å²) in [6, 6.07) is 8.94. The number of benzene rings is 1. The van der Waals surface area contributed by atoms with E-state index in [-0.39, 0.29) is 0 Å². The standard InChI is InChI=1S/C10H14INS/c1-8(12)6-13-7-9-2-4-10(11)5-3-9/h2-5,8H,6-7,12H2,1H3. The SMILES string of the molecule is CC(N)CSCc1ccc(I)cc1. The Morgan fingerprint density at radius 3 is 2.54 bits per heavy atom. The second kappa shape index (κ2) is 5.88. The molecule has 0 fully saturated rings. The van der Waals surface area contributed by atoms with Crippen molar-refractivity contribution in [3.05, 3.63) is 33.4 Å². The van der Waals surface area contributed by atoms with Gasteiger partial charge in [-0.2, -0.15) is 11.8 Å². The molecule has 13 heavy (non-hydrogen) atoms. The molecule has 0 aliphatic heterocycles. The van der Waals surface area contributed by atoms with Gasteiger partial charge in [0.05, 0.1) is 0 Å². The minimum absolute atomic E-state index is 0.300. The van der Waals surface area contributed by atoms with Crippen molar-refractivity contribution in [1.29, 1.82) is 0 Å². The second-order valence-electron chi connectivity index (χ2n) is 3.12. The van der Waals surface area contributed by atoms with E-state index in [1.54, 1.807) is 0 Å². The van der Waals surface area contributed by atoms with E-state index in [0.29, 0.717) is 6.04 Å². The van der Waals surface area contributed by atoms with Crippen LogP contribution < -0.4 is 5.73 Å². The van der Waals surface area contributed by atoms with Crippen LogP contribution in [-0.2, 0) is 5.75 Å². The van der Waals surface area contributed by atoms with Crippen LogP contribution in [0.4, 0.5) is 0 Å². The van der Waals surface area contributed by atoms with Crippen molar-refractivity contribution in [2.45, 2.75) is 18.7 Å². The van der Waals surface area contributed by atoms with E-state index in [4.69, 9.17) is 5.73 Å². The van der Waals surface area contributed by atoms with Gasteiger partial charge in [0.1, 0.15) is 0 Å². The summed E-state index contributed by atoms with van der Waals surface area (Å²) in [7, 11) is 0. The zero-order valence-corrected chi connectivity index (χ0v) is 10.6. The van der Waals surface area contributed by atoms with Crippen LogP contribution in [0.2, 0.25) is 0 Å². The minimum atomic E-state index is 0.300. The van der Waals surface area contributed by atoms with Gasteiger partial charge < -0.3 is 5.73 Å². The zero-order chi connectivity index (χ0) is 9.68. The van der Waals surface area contributed by atoms with Gasteiger partial charge in [0, 0.05) is 21.1 Å². The third kappa shape index (κ3) is 4.88. The molecule has 1 rings (SSSR count). The molecular formula is C10H14INS. The molecule has 0 radical (unpaired) electrons. The summed E-state index contributed by atoms with van der Waals surface area (Å²) in [4.78, 5) is 0. The molecule has 0 spiro atoms. The van der Waals surface area contributed by atoms with E-state index in [2.05, 4.69) is 46.9 Å². The van der Waals surface area contributed by atoms with Crippen LogP contribution in [0.3, 0.4) is 0 Å². The highest BCUT2D eigenvalue weighted by Gasteiger charge is 1.96. The monoisotopic (exact) mass is 307 g/mol. The summed E-state index contributed by atoms with van der Waals surface area (Å²) in [6.07, 6.45) is 0. The molecule has 0 aliphatic rings. The summed E-state index contributed by atoms with van der Waals surface area (Å²) in [5.41, 5.74) is 7.04. The van der Waals surface area contributed by atoms with Crippen LogP contribution in [-0.4, -0.2) is 11.8 Å². The van der Waals surface area contributed by atoms with E-state index in [9.17, 15) is 0 Å². The Morgan fingerprint density at radius 2 is 2.00 bits per heavy atom. The lowest BCUT2D eigenvalue weighted by Crippen LogP contribution is -2.17. The Bertz CT molecular complexity index is 246. The van der Waals surface area contributed by atoms with Crippen molar-refractivity contribution in [1.82, 2.24) is 0 Å². The normalized spacial score (nSPS) is 12.8. The van der Waals surface area contributed by atoms with Gasteiger partial charge in [-0.25, -0.2) is 0 Å². The first kappa shape index (κ1) is 11.3. The van der Waals surface area contributed by atoms with E-state index in [1.807, 2.05) is 18.7 Å². The van der Waals surface area contributed by atoms with Crippen LogP contribution in [0.5, 0.6) is 0 Å². The summed E-state index contributed by atoms with van der Waals surface area (Å²) < 4.78 is 1.29. The van der Waals surface area contributed by atoms with Crippen molar-refractivity contribution in [2.75, 3.05) is 5.75 Å². The molecule has 72 valence electrons. The Labute approximate surface area is 97.6 Å². The number of hydrogen-bond acceptors (Lipinski definition) is 2. The molecular weight excluding hydrogens is 293 g/mol. The number of thioether (sulfide) groups is 1. The molecule has 1 aromatic carbocycles. The molecule has 0 saturated heterocycles. The molecule has 1 nitrogen and oxygen atoms in total. The lowest BCUT2D eigenvalue weighted by atomic mass is 10.2. The maximum absolute atomic E-state index is 5.66. The van der Waals surface area contributed by atoms with Crippen LogP contribution >= 0.6 is 34.4 Å². The van der Waals surface area contributed by atoms with Gasteiger partial charge in [-0.05, 0) is 47.2 Å². The summed E-state index contributed by atoms with van der Waals surface area (Å²) in [5.74, 6) is 2.10. The Balaban J connectivity index is 2.33. The van der Waals surface area contributed by atoms with Gasteiger partial charge in [0.2, 0.25) is 0 Å². The maximum atomic E-state index is 5.66. The van der Waals surface area contributed by atoms with Crippen molar-refractivity contribution in [3.8, 4) is 0 Å². The molecule has 3 heteroatoms. The molecule has 2 N–H and O–H groups in total. The first-order valence-electron chi connectivity index (χ1n) is 4.26.